The van der Waals surface area contributed by atoms with Gasteiger partial charge in [-0.05, 0) is 49.3 Å². The van der Waals surface area contributed by atoms with Crippen LogP contribution in [0.5, 0.6) is 0 Å². The Balaban J connectivity index is 1.29. The maximum atomic E-state index is 13.4. The van der Waals surface area contributed by atoms with Crippen molar-refractivity contribution in [1.82, 2.24) is 15.2 Å². The third kappa shape index (κ3) is 4.23. The maximum Gasteiger partial charge on any atom is 0.325 e. The summed E-state index contributed by atoms with van der Waals surface area (Å²) >= 11 is 1.38. The van der Waals surface area contributed by atoms with E-state index in [-0.39, 0.29) is 12.5 Å². The first-order valence-corrected chi connectivity index (χ1v) is 12.8. The Bertz CT molecular complexity index is 1300. The molecular weight excluding hydrogens is 460 g/mol. The monoisotopic (exact) mass is 488 g/mol. The molecule has 1 fully saturated rings. The summed E-state index contributed by atoms with van der Waals surface area (Å²) in [6, 6.07) is 15.5. The van der Waals surface area contributed by atoms with Gasteiger partial charge in [-0.2, -0.15) is 0 Å². The molecule has 8 heteroatoms. The lowest BCUT2D eigenvalue weighted by atomic mass is 9.76. The van der Waals surface area contributed by atoms with E-state index in [1.54, 1.807) is 0 Å². The Morgan fingerprint density at radius 3 is 2.71 bits per heavy atom. The largest absolute Gasteiger partial charge is 0.325 e. The van der Waals surface area contributed by atoms with Gasteiger partial charge in [-0.15, -0.1) is 11.3 Å². The number of urea groups is 1. The summed E-state index contributed by atoms with van der Waals surface area (Å²) < 4.78 is 0. The van der Waals surface area contributed by atoms with Crippen molar-refractivity contribution in [1.29, 1.82) is 0 Å². The molecule has 2 heterocycles. The third-order valence-corrected chi connectivity index (χ3v) is 7.65. The van der Waals surface area contributed by atoms with Crippen molar-refractivity contribution in [3.8, 4) is 11.3 Å². The molecule has 0 bridgehead atoms. The van der Waals surface area contributed by atoms with Gasteiger partial charge in [0.05, 0.1) is 5.69 Å². The highest BCUT2D eigenvalue weighted by atomic mass is 32.1. The molecule has 1 atom stereocenters. The molecule has 1 unspecified atom stereocenters. The predicted molar refractivity (Wildman–Crippen MR) is 136 cm³/mol. The molecule has 35 heavy (non-hydrogen) atoms. The van der Waals surface area contributed by atoms with Crippen LogP contribution in [0, 0.1) is 6.92 Å². The van der Waals surface area contributed by atoms with E-state index in [1.165, 1.54) is 16.9 Å². The fourth-order valence-corrected chi connectivity index (χ4v) is 5.95. The zero-order valence-corrected chi connectivity index (χ0v) is 20.7. The van der Waals surface area contributed by atoms with E-state index in [4.69, 9.17) is 0 Å². The minimum absolute atomic E-state index is 0.353. The number of anilines is 1. The number of nitrogens with zero attached hydrogens (tertiary/aromatic N) is 2. The molecule has 1 aliphatic carbocycles. The average molecular weight is 489 g/mol. The molecule has 1 spiro atoms. The number of carbonyl (C=O) groups is 3. The summed E-state index contributed by atoms with van der Waals surface area (Å²) in [4.78, 5) is 45.6. The van der Waals surface area contributed by atoms with Crippen molar-refractivity contribution >= 4 is 34.3 Å². The quantitative estimate of drug-likeness (QED) is 0.488. The van der Waals surface area contributed by atoms with Crippen LogP contribution in [-0.2, 0) is 28.0 Å². The maximum absolute atomic E-state index is 13.4. The molecule has 0 saturated carbocycles. The highest BCUT2D eigenvalue weighted by Crippen LogP contribution is 2.40. The molecule has 1 aliphatic heterocycles. The lowest BCUT2D eigenvalue weighted by molar-refractivity contribution is -0.134. The molecule has 2 N–H and O–H groups in total. The van der Waals surface area contributed by atoms with E-state index >= 15 is 0 Å². The van der Waals surface area contributed by atoms with Crippen LogP contribution in [0.2, 0.25) is 0 Å². The normalized spacial score (nSPS) is 19.1. The molecule has 1 saturated heterocycles. The Morgan fingerprint density at radius 2 is 1.94 bits per heavy atom. The fourth-order valence-electron chi connectivity index (χ4n) is 5.09. The van der Waals surface area contributed by atoms with Crippen molar-refractivity contribution in [2.45, 2.75) is 51.5 Å². The van der Waals surface area contributed by atoms with Gasteiger partial charge in [0.15, 0.2) is 5.13 Å². The van der Waals surface area contributed by atoms with E-state index in [2.05, 4.69) is 34.7 Å². The highest BCUT2D eigenvalue weighted by molar-refractivity contribution is 7.16. The molecule has 2 aromatic carbocycles. The van der Waals surface area contributed by atoms with Crippen LogP contribution in [0.3, 0.4) is 0 Å². The Kier molecular flexibility index (Phi) is 6.15. The lowest BCUT2D eigenvalue weighted by Gasteiger charge is -2.33. The second-order valence-corrected chi connectivity index (χ2v) is 10.4. The zero-order valence-electron chi connectivity index (χ0n) is 19.9. The number of rotatable bonds is 6. The van der Waals surface area contributed by atoms with Gasteiger partial charge in [-0.25, -0.2) is 9.78 Å². The SMILES string of the molecule is CCCc1ccc(-c2nc(NC(=O)CN3C(=O)NC4(CCCc5ccccc54)C3=O)sc2C)cc1. The van der Waals surface area contributed by atoms with Crippen LogP contribution >= 0.6 is 11.3 Å². The van der Waals surface area contributed by atoms with Gasteiger partial charge in [0.25, 0.3) is 5.91 Å². The number of aryl methyl sites for hydroxylation is 3. The summed E-state index contributed by atoms with van der Waals surface area (Å²) in [6.07, 6.45) is 4.32. The van der Waals surface area contributed by atoms with Crippen LogP contribution in [0.25, 0.3) is 11.3 Å². The molecule has 4 amide bonds. The number of thiazole rings is 1. The van der Waals surface area contributed by atoms with E-state index in [9.17, 15) is 14.4 Å². The number of hydrogen-bond donors (Lipinski definition) is 2. The molecule has 7 nitrogen and oxygen atoms in total. The van der Waals surface area contributed by atoms with Gasteiger partial charge in [0.1, 0.15) is 12.1 Å². The smallest absolute Gasteiger partial charge is 0.319 e. The molecule has 180 valence electrons. The van der Waals surface area contributed by atoms with Crippen LogP contribution in [-0.4, -0.2) is 34.3 Å². The fraction of sp³-hybridized carbons (Fsp3) is 0.333. The first kappa shape index (κ1) is 23.2. The van der Waals surface area contributed by atoms with Crippen LogP contribution in [0.1, 0.15) is 47.8 Å². The number of imide groups is 1. The van der Waals surface area contributed by atoms with Gasteiger partial charge >= 0.3 is 6.03 Å². The summed E-state index contributed by atoms with van der Waals surface area (Å²) in [6.45, 7) is 3.76. The average Bonchev–Trinajstić information content (AvgIpc) is 3.32. The minimum atomic E-state index is -1.08. The van der Waals surface area contributed by atoms with Gasteiger partial charge in [-0.3, -0.25) is 14.5 Å². The molecular formula is C27H28N4O3S. The van der Waals surface area contributed by atoms with Crippen LogP contribution < -0.4 is 10.6 Å². The van der Waals surface area contributed by atoms with E-state index in [0.29, 0.717) is 11.6 Å². The molecule has 0 radical (unpaired) electrons. The number of benzene rings is 2. The van der Waals surface area contributed by atoms with Gasteiger partial charge < -0.3 is 10.6 Å². The van der Waals surface area contributed by atoms with E-state index in [0.717, 1.165) is 57.8 Å². The topological polar surface area (TPSA) is 91.4 Å². The van der Waals surface area contributed by atoms with Crippen molar-refractivity contribution < 1.29 is 14.4 Å². The minimum Gasteiger partial charge on any atom is -0.319 e. The molecule has 2 aliphatic rings. The molecule has 5 rings (SSSR count). The highest BCUT2D eigenvalue weighted by Gasteiger charge is 2.54. The summed E-state index contributed by atoms with van der Waals surface area (Å²) in [7, 11) is 0. The Morgan fingerprint density at radius 1 is 1.17 bits per heavy atom. The predicted octanol–water partition coefficient (Wildman–Crippen LogP) is 4.79. The Labute approximate surface area is 208 Å². The molecule has 3 aromatic rings. The van der Waals surface area contributed by atoms with Crippen molar-refractivity contribution in [2.24, 2.45) is 0 Å². The molecule has 1 aromatic heterocycles. The van der Waals surface area contributed by atoms with Crippen LogP contribution in [0.15, 0.2) is 48.5 Å². The zero-order chi connectivity index (χ0) is 24.6. The van der Waals surface area contributed by atoms with Gasteiger partial charge in [0, 0.05) is 10.4 Å². The van der Waals surface area contributed by atoms with Crippen molar-refractivity contribution in [3.63, 3.8) is 0 Å². The first-order valence-electron chi connectivity index (χ1n) is 12.0. The summed E-state index contributed by atoms with van der Waals surface area (Å²) in [5.41, 5.74) is 3.91. The second kappa shape index (κ2) is 9.26. The number of carbonyl (C=O) groups excluding carboxylic acids is 3. The van der Waals surface area contributed by atoms with E-state index < -0.39 is 17.5 Å². The third-order valence-electron chi connectivity index (χ3n) is 6.76. The van der Waals surface area contributed by atoms with Gasteiger partial charge in [-0.1, -0.05) is 61.9 Å². The number of fused-ring (bicyclic) bond motifs is 2. The van der Waals surface area contributed by atoms with Crippen LogP contribution in [0.4, 0.5) is 9.93 Å². The second-order valence-electron chi connectivity index (χ2n) is 9.16. The standard InChI is InChI=1S/C27H28N4O3S/c1-3-7-18-11-13-20(14-12-18)23-17(2)35-25(29-23)28-22(32)16-31-24(33)27(30-26(31)34)15-6-9-19-8-4-5-10-21(19)27/h4-5,8,10-14H,3,6-7,9,15-16H2,1-2H3,(H,30,34)(H,28,29,32). The van der Waals surface area contributed by atoms with E-state index in [1.807, 2.05) is 43.3 Å². The number of nitrogens with one attached hydrogen (secondary N) is 2. The lowest BCUT2D eigenvalue weighted by Crippen LogP contribution is -2.47. The van der Waals surface area contributed by atoms with Crippen molar-refractivity contribution in [2.75, 3.05) is 11.9 Å². The van der Waals surface area contributed by atoms with Crippen molar-refractivity contribution in [3.05, 3.63) is 70.1 Å². The summed E-state index contributed by atoms with van der Waals surface area (Å²) in [5, 5.41) is 6.11. The number of amides is 4. The Hall–Kier alpha value is -3.52. The van der Waals surface area contributed by atoms with Gasteiger partial charge in [0.2, 0.25) is 5.91 Å². The first-order chi connectivity index (χ1) is 16.9. The summed E-state index contributed by atoms with van der Waals surface area (Å²) in [5.74, 6) is -0.818. The number of hydrogen-bond acceptors (Lipinski definition) is 5. The number of aromatic nitrogens is 1.